The van der Waals surface area contributed by atoms with Crippen molar-refractivity contribution in [2.24, 2.45) is 0 Å². The average Bonchev–Trinajstić information content (AvgIpc) is 3.16. The number of aromatic nitrogens is 4. The van der Waals surface area contributed by atoms with Crippen LogP contribution in [-0.2, 0) is 4.74 Å². The van der Waals surface area contributed by atoms with Gasteiger partial charge in [0, 0.05) is 6.20 Å². The van der Waals surface area contributed by atoms with E-state index in [4.69, 9.17) is 16.3 Å². The zero-order chi connectivity index (χ0) is 16.4. The summed E-state index contributed by atoms with van der Waals surface area (Å²) in [6.45, 7) is 3.49. The van der Waals surface area contributed by atoms with Crippen molar-refractivity contribution in [3.8, 4) is 5.69 Å². The normalized spacial score (nSPS) is 12.1. The molecule has 1 atom stereocenters. The van der Waals surface area contributed by atoms with Gasteiger partial charge in [-0.2, -0.15) is 10.2 Å². The lowest BCUT2D eigenvalue weighted by atomic mass is 10.2. The Hall–Kier alpha value is -2.60. The minimum absolute atomic E-state index is 0.232. The van der Waals surface area contributed by atoms with Gasteiger partial charge in [0.05, 0.1) is 17.1 Å². The first-order valence-corrected chi connectivity index (χ1v) is 7.46. The van der Waals surface area contributed by atoms with E-state index in [1.54, 1.807) is 26.1 Å². The molecule has 0 radical (unpaired) electrons. The maximum absolute atomic E-state index is 12.4. The van der Waals surface area contributed by atoms with E-state index in [2.05, 4.69) is 15.3 Å². The van der Waals surface area contributed by atoms with Crippen molar-refractivity contribution in [3.05, 3.63) is 64.7 Å². The number of benzene rings is 1. The van der Waals surface area contributed by atoms with Crippen molar-refractivity contribution in [1.29, 1.82) is 0 Å². The van der Waals surface area contributed by atoms with E-state index in [0.29, 0.717) is 11.4 Å². The molecule has 23 heavy (non-hydrogen) atoms. The van der Waals surface area contributed by atoms with Crippen LogP contribution in [0.25, 0.3) is 5.69 Å². The van der Waals surface area contributed by atoms with Gasteiger partial charge in [0.1, 0.15) is 16.8 Å². The Balaban J connectivity index is 1.88. The molecule has 0 amide bonds. The number of H-pyrrole nitrogens is 1. The van der Waals surface area contributed by atoms with Gasteiger partial charge in [-0.25, -0.2) is 9.48 Å². The Labute approximate surface area is 138 Å². The highest BCUT2D eigenvalue weighted by Gasteiger charge is 2.24. The Morgan fingerprint density at radius 2 is 2.04 bits per heavy atom. The van der Waals surface area contributed by atoms with Crippen molar-refractivity contribution in [3.63, 3.8) is 0 Å². The summed E-state index contributed by atoms with van der Waals surface area (Å²) < 4.78 is 6.97. The minimum atomic E-state index is -0.517. The second-order valence-electron chi connectivity index (χ2n) is 5.06. The van der Waals surface area contributed by atoms with E-state index >= 15 is 0 Å². The smallest absolute Gasteiger partial charge is 0.343 e. The first-order valence-electron chi connectivity index (χ1n) is 7.08. The highest BCUT2D eigenvalue weighted by molar-refractivity contribution is 6.33. The second-order valence-corrected chi connectivity index (χ2v) is 5.42. The molecule has 0 saturated carbocycles. The van der Waals surface area contributed by atoms with Gasteiger partial charge in [-0.3, -0.25) is 5.10 Å². The number of aryl methyl sites for hydroxylation is 1. The third kappa shape index (κ3) is 2.98. The molecule has 1 aromatic carbocycles. The molecule has 6 nitrogen and oxygen atoms in total. The minimum Gasteiger partial charge on any atom is -0.452 e. The number of rotatable bonds is 4. The molecule has 0 aliphatic carbocycles. The summed E-state index contributed by atoms with van der Waals surface area (Å²) in [7, 11) is 0. The quantitative estimate of drug-likeness (QED) is 0.743. The summed E-state index contributed by atoms with van der Waals surface area (Å²) in [4.78, 5) is 12.4. The number of nitrogens with zero attached hydrogens (tertiary/aromatic N) is 3. The van der Waals surface area contributed by atoms with Crippen molar-refractivity contribution in [1.82, 2.24) is 20.0 Å². The van der Waals surface area contributed by atoms with Crippen LogP contribution < -0.4 is 0 Å². The van der Waals surface area contributed by atoms with Gasteiger partial charge < -0.3 is 4.74 Å². The van der Waals surface area contributed by atoms with Gasteiger partial charge in [0.15, 0.2) is 0 Å². The second kappa shape index (κ2) is 6.26. The SMILES string of the molecule is Cc1nn(-c2ccccc2)c(Cl)c1C(=O)O[C@@H](C)c1ccn[nH]1. The van der Waals surface area contributed by atoms with Gasteiger partial charge >= 0.3 is 5.97 Å². The van der Waals surface area contributed by atoms with Gasteiger partial charge in [0.25, 0.3) is 0 Å². The molecule has 3 aromatic rings. The zero-order valence-electron chi connectivity index (χ0n) is 12.7. The van der Waals surface area contributed by atoms with Crippen LogP contribution >= 0.6 is 11.6 Å². The fraction of sp³-hybridized carbons (Fsp3) is 0.188. The standard InChI is InChI=1S/C16H15ClN4O2/c1-10-14(16(22)23-11(2)13-8-9-18-19-13)15(17)21(20-10)12-6-4-3-5-7-12/h3-9,11H,1-2H3,(H,18,19)/t11-/m0/s1. The van der Waals surface area contributed by atoms with E-state index in [1.807, 2.05) is 30.3 Å². The van der Waals surface area contributed by atoms with Crippen LogP contribution in [0.1, 0.15) is 34.8 Å². The summed E-state index contributed by atoms with van der Waals surface area (Å²) in [6, 6.07) is 11.1. The van der Waals surface area contributed by atoms with Crippen LogP contribution in [0, 0.1) is 6.92 Å². The monoisotopic (exact) mass is 330 g/mol. The maximum Gasteiger partial charge on any atom is 0.343 e. The van der Waals surface area contributed by atoms with Crippen LogP contribution in [0.5, 0.6) is 0 Å². The van der Waals surface area contributed by atoms with Crippen LogP contribution in [0.3, 0.4) is 0 Å². The lowest BCUT2D eigenvalue weighted by Crippen LogP contribution is -2.10. The molecular weight excluding hydrogens is 316 g/mol. The summed E-state index contributed by atoms with van der Waals surface area (Å²) in [5, 5.41) is 11.2. The van der Waals surface area contributed by atoms with Crippen LogP contribution in [0.4, 0.5) is 0 Å². The fourth-order valence-corrected chi connectivity index (χ4v) is 2.60. The van der Waals surface area contributed by atoms with Crippen LogP contribution in [0.15, 0.2) is 42.6 Å². The number of aromatic amines is 1. The molecule has 0 spiro atoms. The number of esters is 1. The number of carbonyl (C=O) groups excluding carboxylic acids is 1. The third-order valence-corrected chi connectivity index (χ3v) is 3.80. The number of hydrogen-bond donors (Lipinski definition) is 1. The van der Waals surface area contributed by atoms with E-state index in [0.717, 1.165) is 5.69 Å². The van der Waals surface area contributed by atoms with Gasteiger partial charge in [-0.1, -0.05) is 29.8 Å². The molecular formula is C16H15ClN4O2. The molecule has 0 unspecified atom stereocenters. The lowest BCUT2D eigenvalue weighted by molar-refractivity contribution is 0.0328. The first kappa shape index (κ1) is 15.3. The molecule has 1 N–H and O–H groups in total. The molecule has 0 saturated heterocycles. The highest BCUT2D eigenvalue weighted by Crippen LogP contribution is 2.26. The van der Waals surface area contributed by atoms with Gasteiger partial charge in [-0.05, 0) is 32.0 Å². The molecule has 0 fully saturated rings. The van der Waals surface area contributed by atoms with E-state index < -0.39 is 12.1 Å². The zero-order valence-corrected chi connectivity index (χ0v) is 13.4. The van der Waals surface area contributed by atoms with Crippen molar-refractivity contribution < 1.29 is 9.53 Å². The summed E-state index contributed by atoms with van der Waals surface area (Å²) in [5.41, 5.74) is 2.27. The summed E-state index contributed by atoms with van der Waals surface area (Å²) in [6.07, 6.45) is 1.14. The molecule has 2 heterocycles. The van der Waals surface area contributed by atoms with Crippen LogP contribution in [-0.4, -0.2) is 25.9 Å². The van der Waals surface area contributed by atoms with Crippen molar-refractivity contribution in [2.45, 2.75) is 20.0 Å². The molecule has 0 bridgehead atoms. The Morgan fingerprint density at radius 1 is 1.30 bits per heavy atom. The van der Waals surface area contributed by atoms with E-state index in [1.165, 1.54) is 4.68 Å². The number of ether oxygens (including phenoxy) is 1. The molecule has 0 aliphatic rings. The molecule has 2 aromatic heterocycles. The Morgan fingerprint density at radius 3 is 2.70 bits per heavy atom. The summed E-state index contributed by atoms with van der Waals surface area (Å²) >= 11 is 6.35. The number of halogens is 1. The fourth-order valence-electron chi connectivity index (χ4n) is 2.25. The molecule has 3 rings (SSSR count). The molecule has 0 aliphatic heterocycles. The van der Waals surface area contributed by atoms with Crippen molar-refractivity contribution in [2.75, 3.05) is 0 Å². The topological polar surface area (TPSA) is 72.8 Å². The maximum atomic E-state index is 12.4. The number of hydrogen-bond acceptors (Lipinski definition) is 4. The van der Waals surface area contributed by atoms with E-state index in [-0.39, 0.29) is 10.7 Å². The number of carbonyl (C=O) groups is 1. The molecule has 118 valence electrons. The third-order valence-electron chi connectivity index (χ3n) is 3.45. The number of nitrogens with one attached hydrogen (secondary N) is 1. The van der Waals surface area contributed by atoms with Gasteiger partial charge in [0.2, 0.25) is 0 Å². The predicted molar refractivity (Wildman–Crippen MR) is 85.7 cm³/mol. The van der Waals surface area contributed by atoms with Crippen molar-refractivity contribution >= 4 is 17.6 Å². The predicted octanol–water partition coefficient (Wildman–Crippen LogP) is 3.48. The Kier molecular flexibility index (Phi) is 4.16. The average molecular weight is 331 g/mol. The molecule has 7 heteroatoms. The lowest BCUT2D eigenvalue weighted by Gasteiger charge is -2.11. The highest BCUT2D eigenvalue weighted by atomic mass is 35.5. The van der Waals surface area contributed by atoms with Gasteiger partial charge in [-0.15, -0.1) is 0 Å². The van der Waals surface area contributed by atoms with E-state index in [9.17, 15) is 4.79 Å². The van der Waals surface area contributed by atoms with Crippen LogP contribution in [0.2, 0.25) is 5.15 Å². The number of para-hydroxylation sites is 1. The first-order chi connectivity index (χ1) is 11.1. The Bertz CT molecular complexity index is 812. The summed E-state index contributed by atoms with van der Waals surface area (Å²) in [5.74, 6) is -0.517. The largest absolute Gasteiger partial charge is 0.452 e.